The molecule has 0 saturated carbocycles. The Morgan fingerprint density at radius 1 is 1.38 bits per heavy atom. The highest BCUT2D eigenvalue weighted by Gasteiger charge is 2.21. The third-order valence-electron chi connectivity index (χ3n) is 2.66. The van der Waals surface area contributed by atoms with E-state index in [4.69, 9.17) is 21.4 Å². The molecule has 1 aromatic carbocycles. The molecule has 0 saturated heterocycles. The Hall–Kier alpha value is -2.14. The van der Waals surface area contributed by atoms with Crippen molar-refractivity contribution in [1.82, 2.24) is 0 Å². The van der Waals surface area contributed by atoms with E-state index in [9.17, 15) is 14.4 Å². The van der Waals surface area contributed by atoms with Crippen molar-refractivity contribution in [3.05, 3.63) is 41.0 Å². The molecular weight excluding hydrogens is 296 g/mol. The molecule has 112 valence electrons. The lowest BCUT2D eigenvalue weighted by Gasteiger charge is -2.13. The molecule has 6 heteroatoms. The van der Waals surface area contributed by atoms with Gasteiger partial charge < -0.3 is 9.84 Å². The molecule has 0 aliphatic carbocycles. The summed E-state index contributed by atoms with van der Waals surface area (Å²) in [4.78, 5) is 34.1. The standard InChI is InChI=1S/C15H15ClO5/c1-3-21-15(20)12-6-4-5-11(14(16)9(2)17)10(12)7-8-13(18)19/h4-8,14H,3H2,1-2H3,(H,18,19)/b8-7+. The summed E-state index contributed by atoms with van der Waals surface area (Å²) in [7, 11) is 0. The number of alkyl halides is 1. The highest BCUT2D eigenvalue weighted by atomic mass is 35.5. The Labute approximate surface area is 127 Å². The van der Waals surface area contributed by atoms with E-state index in [0.29, 0.717) is 5.56 Å². The zero-order chi connectivity index (χ0) is 16.0. The van der Waals surface area contributed by atoms with Crippen LogP contribution < -0.4 is 0 Å². The summed E-state index contributed by atoms with van der Waals surface area (Å²) in [6.45, 7) is 3.16. The Morgan fingerprint density at radius 2 is 2.05 bits per heavy atom. The van der Waals surface area contributed by atoms with Gasteiger partial charge in [-0.05, 0) is 37.1 Å². The molecule has 0 bridgehead atoms. The first-order valence-corrected chi connectivity index (χ1v) is 6.67. The summed E-state index contributed by atoms with van der Waals surface area (Å²) in [5, 5.41) is 7.78. The molecule has 1 atom stereocenters. The van der Waals surface area contributed by atoms with Gasteiger partial charge >= 0.3 is 11.9 Å². The SMILES string of the molecule is CCOC(=O)c1cccc(C(Cl)C(C)=O)c1/C=C/C(=O)O. The molecule has 0 spiro atoms. The lowest BCUT2D eigenvalue weighted by Crippen LogP contribution is -2.11. The highest BCUT2D eigenvalue weighted by Crippen LogP contribution is 2.29. The first-order chi connectivity index (χ1) is 9.88. The van der Waals surface area contributed by atoms with E-state index in [0.717, 1.165) is 6.08 Å². The second-order valence-electron chi connectivity index (χ2n) is 4.17. The molecule has 0 aliphatic rings. The van der Waals surface area contributed by atoms with Gasteiger partial charge in [-0.25, -0.2) is 9.59 Å². The van der Waals surface area contributed by atoms with Gasteiger partial charge in [-0.1, -0.05) is 12.1 Å². The normalized spacial score (nSPS) is 12.1. The van der Waals surface area contributed by atoms with Crippen LogP contribution in [0.3, 0.4) is 0 Å². The zero-order valence-electron chi connectivity index (χ0n) is 11.6. The molecule has 0 aromatic heterocycles. The van der Waals surface area contributed by atoms with Crippen molar-refractivity contribution in [2.75, 3.05) is 6.61 Å². The van der Waals surface area contributed by atoms with Gasteiger partial charge in [0.1, 0.15) is 5.38 Å². The molecule has 1 rings (SSSR count). The molecule has 5 nitrogen and oxygen atoms in total. The topological polar surface area (TPSA) is 80.7 Å². The summed E-state index contributed by atoms with van der Waals surface area (Å²) in [5.74, 6) is -2.08. The molecule has 0 amide bonds. The first kappa shape index (κ1) is 16.9. The number of carboxylic acids is 1. The molecule has 0 fully saturated rings. The van der Waals surface area contributed by atoms with E-state index < -0.39 is 17.3 Å². The molecule has 1 N–H and O–H groups in total. The number of Topliss-reactive ketones (excluding diaryl/α,β-unsaturated/α-hetero) is 1. The van der Waals surface area contributed by atoms with Crippen molar-refractivity contribution in [3.63, 3.8) is 0 Å². The number of hydrogen-bond donors (Lipinski definition) is 1. The van der Waals surface area contributed by atoms with Gasteiger partial charge in [-0.3, -0.25) is 4.79 Å². The third kappa shape index (κ3) is 4.43. The average molecular weight is 311 g/mol. The fourth-order valence-corrected chi connectivity index (χ4v) is 1.94. The minimum absolute atomic E-state index is 0.166. The van der Waals surface area contributed by atoms with Crippen LogP contribution in [0.4, 0.5) is 0 Å². The molecule has 1 unspecified atom stereocenters. The van der Waals surface area contributed by atoms with Crippen LogP contribution >= 0.6 is 11.6 Å². The number of aliphatic carboxylic acids is 1. The van der Waals surface area contributed by atoms with Crippen LogP contribution in [0.1, 0.15) is 40.7 Å². The van der Waals surface area contributed by atoms with Gasteiger partial charge in [0.05, 0.1) is 12.2 Å². The first-order valence-electron chi connectivity index (χ1n) is 6.24. The molecule has 0 radical (unpaired) electrons. The van der Waals surface area contributed by atoms with Gasteiger partial charge in [0, 0.05) is 6.08 Å². The Kier molecular flexibility index (Phi) is 6.11. The maximum atomic E-state index is 11.9. The number of esters is 1. The van der Waals surface area contributed by atoms with Crippen LogP contribution in [-0.2, 0) is 14.3 Å². The molecule has 21 heavy (non-hydrogen) atoms. The molecule has 0 aliphatic heterocycles. The zero-order valence-corrected chi connectivity index (χ0v) is 12.4. The van der Waals surface area contributed by atoms with Crippen LogP contribution in [0.5, 0.6) is 0 Å². The smallest absolute Gasteiger partial charge is 0.338 e. The van der Waals surface area contributed by atoms with Crippen LogP contribution in [0, 0.1) is 0 Å². The van der Waals surface area contributed by atoms with Gasteiger partial charge in [-0.15, -0.1) is 11.6 Å². The Bertz CT molecular complexity index is 592. The molecule has 0 heterocycles. The predicted molar refractivity (Wildman–Crippen MR) is 78.3 cm³/mol. The fraction of sp³-hybridized carbons (Fsp3) is 0.267. The van der Waals surface area contributed by atoms with Crippen molar-refractivity contribution < 1.29 is 24.2 Å². The monoisotopic (exact) mass is 310 g/mol. The van der Waals surface area contributed by atoms with E-state index in [1.807, 2.05) is 0 Å². The van der Waals surface area contributed by atoms with E-state index in [2.05, 4.69) is 0 Å². The van der Waals surface area contributed by atoms with Crippen LogP contribution in [0.15, 0.2) is 24.3 Å². The minimum atomic E-state index is -1.17. The van der Waals surface area contributed by atoms with Crippen LogP contribution in [0.2, 0.25) is 0 Å². The summed E-state index contributed by atoms with van der Waals surface area (Å²) >= 11 is 6.03. The molecule has 1 aromatic rings. The van der Waals surface area contributed by atoms with Gasteiger partial charge in [0.25, 0.3) is 0 Å². The maximum Gasteiger partial charge on any atom is 0.338 e. The van der Waals surface area contributed by atoms with Crippen molar-refractivity contribution in [1.29, 1.82) is 0 Å². The molecular formula is C15H15ClO5. The van der Waals surface area contributed by atoms with E-state index in [1.54, 1.807) is 19.1 Å². The second-order valence-corrected chi connectivity index (χ2v) is 4.61. The summed E-state index contributed by atoms with van der Waals surface area (Å²) in [6.07, 6.45) is 2.12. The Balaban J connectivity index is 3.43. The average Bonchev–Trinajstić information content (AvgIpc) is 2.43. The number of rotatable bonds is 6. The largest absolute Gasteiger partial charge is 0.478 e. The number of ketones is 1. The van der Waals surface area contributed by atoms with E-state index in [1.165, 1.54) is 19.1 Å². The van der Waals surface area contributed by atoms with E-state index >= 15 is 0 Å². The summed E-state index contributed by atoms with van der Waals surface area (Å²) < 4.78 is 4.92. The van der Waals surface area contributed by atoms with Crippen LogP contribution in [-0.4, -0.2) is 29.4 Å². The predicted octanol–water partition coefficient (Wildman–Crippen LogP) is 2.83. The van der Waals surface area contributed by atoms with Crippen molar-refractivity contribution in [2.45, 2.75) is 19.2 Å². The quantitative estimate of drug-likeness (QED) is 0.496. The number of carbonyl (C=O) groups excluding carboxylic acids is 2. The third-order valence-corrected chi connectivity index (χ3v) is 3.20. The number of hydrogen-bond acceptors (Lipinski definition) is 4. The number of carboxylic acid groups (broad SMARTS) is 1. The maximum absolute atomic E-state index is 11.9. The van der Waals surface area contributed by atoms with Gasteiger partial charge in [-0.2, -0.15) is 0 Å². The Morgan fingerprint density at radius 3 is 2.57 bits per heavy atom. The van der Waals surface area contributed by atoms with Gasteiger partial charge in [0.2, 0.25) is 0 Å². The number of benzene rings is 1. The van der Waals surface area contributed by atoms with Crippen molar-refractivity contribution >= 4 is 35.4 Å². The fourth-order valence-electron chi connectivity index (χ4n) is 1.75. The van der Waals surface area contributed by atoms with E-state index in [-0.39, 0.29) is 23.5 Å². The highest BCUT2D eigenvalue weighted by molar-refractivity contribution is 6.31. The van der Waals surface area contributed by atoms with Crippen LogP contribution in [0.25, 0.3) is 6.08 Å². The summed E-state index contributed by atoms with van der Waals surface area (Å²) in [5.41, 5.74) is 0.805. The second kappa shape index (κ2) is 7.59. The number of halogens is 1. The van der Waals surface area contributed by atoms with Crippen molar-refractivity contribution in [2.24, 2.45) is 0 Å². The minimum Gasteiger partial charge on any atom is -0.478 e. The van der Waals surface area contributed by atoms with Crippen molar-refractivity contribution in [3.8, 4) is 0 Å². The lowest BCUT2D eigenvalue weighted by atomic mass is 9.96. The lowest BCUT2D eigenvalue weighted by molar-refractivity contribution is -0.131. The van der Waals surface area contributed by atoms with Gasteiger partial charge in [0.15, 0.2) is 5.78 Å². The number of carbonyl (C=O) groups is 3. The number of ether oxygens (including phenoxy) is 1. The summed E-state index contributed by atoms with van der Waals surface area (Å²) in [6, 6.07) is 4.63.